The second-order valence-electron chi connectivity index (χ2n) is 3.69. The third-order valence-electron chi connectivity index (χ3n) is 2.62. The molecular weight excluding hydrogens is 238 g/mol. The van der Waals surface area contributed by atoms with Gasteiger partial charge in [0.25, 0.3) is 5.91 Å². The monoisotopic (exact) mass is 251 g/mol. The molecule has 17 heavy (non-hydrogen) atoms. The fraction of sp³-hybridized carbons (Fsp3) is 0.333. The van der Waals surface area contributed by atoms with Gasteiger partial charge in [-0.25, -0.2) is 4.98 Å². The molecule has 0 spiro atoms. The number of nitrogens with zero attached hydrogens (tertiary/aromatic N) is 2. The highest BCUT2D eigenvalue weighted by Gasteiger charge is 2.10. The van der Waals surface area contributed by atoms with Crippen LogP contribution < -0.4 is 5.32 Å². The Labute approximate surface area is 105 Å². The molecule has 0 saturated heterocycles. The van der Waals surface area contributed by atoms with Gasteiger partial charge in [-0.15, -0.1) is 0 Å². The van der Waals surface area contributed by atoms with Gasteiger partial charge in [-0.3, -0.25) is 4.79 Å². The number of amides is 1. The number of hydrogen-bond donors (Lipinski definition) is 1. The van der Waals surface area contributed by atoms with Gasteiger partial charge in [0.1, 0.15) is 0 Å². The molecule has 5 heteroatoms. The molecule has 0 radical (unpaired) electrons. The van der Waals surface area contributed by atoms with Crippen molar-refractivity contribution in [2.45, 2.75) is 20.4 Å². The minimum Gasteiger partial charge on any atom is -0.352 e. The second-order valence-corrected chi connectivity index (χ2v) is 4.03. The van der Waals surface area contributed by atoms with Crippen LogP contribution in [0.15, 0.2) is 18.2 Å². The fourth-order valence-electron chi connectivity index (χ4n) is 1.81. The van der Waals surface area contributed by atoms with Crippen LogP contribution in [0, 0.1) is 0 Å². The minimum absolute atomic E-state index is 0.0865. The van der Waals surface area contributed by atoms with Crippen molar-refractivity contribution < 1.29 is 4.79 Å². The average Bonchev–Trinajstić information content (AvgIpc) is 2.63. The predicted molar refractivity (Wildman–Crippen MR) is 68.4 cm³/mol. The van der Waals surface area contributed by atoms with E-state index in [-0.39, 0.29) is 5.91 Å². The van der Waals surface area contributed by atoms with Crippen LogP contribution in [0.1, 0.15) is 24.2 Å². The van der Waals surface area contributed by atoms with E-state index in [1.54, 1.807) is 12.1 Å². The summed E-state index contributed by atoms with van der Waals surface area (Å²) >= 11 is 6.01. The van der Waals surface area contributed by atoms with E-state index in [2.05, 4.69) is 10.3 Å². The number of carbonyl (C=O) groups excluding carboxylic acids is 1. The van der Waals surface area contributed by atoms with Gasteiger partial charge < -0.3 is 9.88 Å². The summed E-state index contributed by atoms with van der Waals surface area (Å²) < 4.78 is 1.90. The normalized spacial score (nSPS) is 10.8. The summed E-state index contributed by atoms with van der Waals surface area (Å²) in [5, 5.41) is 3.21. The van der Waals surface area contributed by atoms with E-state index in [0.717, 1.165) is 17.6 Å². The van der Waals surface area contributed by atoms with E-state index in [1.807, 2.05) is 24.5 Å². The standard InChI is InChI=1S/C12H14ClN3O/c1-3-14-11(17)8-5-6-10-9(7-8)15-12(13)16(10)4-2/h5-7H,3-4H2,1-2H3,(H,14,17). The van der Waals surface area contributed by atoms with Crippen LogP contribution in [0.2, 0.25) is 5.28 Å². The number of benzene rings is 1. The van der Waals surface area contributed by atoms with Crippen LogP contribution in [0.4, 0.5) is 0 Å². The third-order valence-corrected chi connectivity index (χ3v) is 2.91. The highest BCUT2D eigenvalue weighted by atomic mass is 35.5. The molecule has 1 amide bonds. The minimum atomic E-state index is -0.0865. The van der Waals surface area contributed by atoms with Crippen LogP contribution in [-0.2, 0) is 6.54 Å². The van der Waals surface area contributed by atoms with Gasteiger partial charge in [-0.1, -0.05) is 0 Å². The SMILES string of the molecule is CCNC(=O)c1ccc2c(c1)nc(Cl)n2CC. The molecule has 0 bridgehead atoms. The first-order chi connectivity index (χ1) is 8.17. The Morgan fingerprint density at radius 2 is 2.24 bits per heavy atom. The first-order valence-corrected chi connectivity index (χ1v) is 5.99. The average molecular weight is 252 g/mol. The Morgan fingerprint density at radius 1 is 1.47 bits per heavy atom. The maximum Gasteiger partial charge on any atom is 0.251 e. The lowest BCUT2D eigenvalue weighted by Gasteiger charge is -2.03. The van der Waals surface area contributed by atoms with Gasteiger partial charge in [0.15, 0.2) is 0 Å². The Morgan fingerprint density at radius 3 is 2.88 bits per heavy atom. The zero-order valence-electron chi connectivity index (χ0n) is 9.83. The molecule has 0 aliphatic rings. The Bertz CT molecular complexity index is 562. The molecule has 0 saturated carbocycles. The van der Waals surface area contributed by atoms with E-state index < -0.39 is 0 Å². The summed E-state index contributed by atoms with van der Waals surface area (Å²) in [7, 11) is 0. The zero-order chi connectivity index (χ0) is 12.4. The molecule has 90 valence electrons. The van der Waals surface area contributed by atoms with Crippen molar-refractivity contribution in [3.8, 4) is 0 Å². The van der Waals surface area contributed by atoms with Gasteiger partial charge in [0.05, 0.1) is 11.0 Å². The Kier molecular flexibility index (Phi) is 3.33. The topological polar surface area (TPSA) is 46.9 Å². The predicted octanol–water partition coefficient (Wildman–Crippen LogP) is 2.46. The highest BCUT2D eigenvalue weighted by Crippen LogP contribution is 2.20. The largest absolute Gasteiger partial charge is 0.352 e. The third kappa shape index (κ3) is 2.13. The maximum atomic E-state index is 11.7. The van der Waals surface area contributed by atoms with Gasteiger partial charge in [0.2, 0.25) is 5.28 Å². The zero-order valence-corrected chi connectivity index (χ0v) is 10.6. The van der Waals surface area contributed by atoms with Crippen molar-refractivity contribution in [2.75, 3.05) is 6.54 Å². The Hall–Kier alpha value is -1.55. The molecule has 2 rings (SSSR count). The van der Waals surface area contributed by atoms with E-state index in [9.17, 15) is 4.79 Å². The number of aromatic nitrogens is 2. The molecule has 0 fully saturated rings. The molecule has 2 aromatic rings. The van der Waals surface area contributed by atoms with Gasteiger partial charge in [0, 0.05) is 18.7 Å². The summed E-state index contributed by atoms with van der Waals surface area (Å²) in [6.45, 7) is 5.26. The van der Waals surface area contributed by atoms with Crippen LogP contribution in [0.3, 0.4) is 0 Å². The van der Waals surface area contributed by atoms with Crippen LogP contribution >= 0.6 is 11.6 Å². The summed E-state index contributed by atoms with van der Waals surface area (Å²) in [5.41, 5.74) is 2.31. The molecule has 0 aliphatic carbocycles. The number of aryl methyl sites for hydroxylation is 1. The number of hydrogen-bond acceptors (Lipinski definition) is 2. The fourth-order valence-corrected chi connectivity index (χ4v) is 2.11. The second kappa shape index (κ2) is 4.75. The van der Waals surface area contributed by atoms with E-state index in [0.29, 0.717) is 17.4 Å². The van der Waals surface area contributed by atoms with Crippen LogP contribution in [0.25, 0.3) is 11.0 Å². The molecule has 0 aliphatic heterocycles. The molecule has 0 unspecified atom stereocenters. The van der Waals surface area contributed by atoms with Gasteiger partial charge in [-0.2, -0.15) is 0 Å². The molecule has 1 aromatic carbocycles. The lowest BCUT2D eigenvalue weighted by atomic mass is 10.2. The van der Waals surface area contributed by atoms with Crippen LogP contribution in [0.5, 0.6) is 0 Å². The Balaban J connectivity index is 2.48. The molecule has 4 nitrogen and oxygen atoms in total. The summed E-state index contributed by atoms with van der Waals surface area (Å²) in [6, 6.07) is 5.43. The molecule has 0 atom stereocenters. The number of carbonyl (C=O) groups is 1. The number of imidazole rings is 1. The van der Waals surface area contributed by atoms with E-state index in [1.165, 1.54) is 0 Å². The first kappa shape index (κ1) is 11.9. The maximum absolute atomic E-state index is 11.7. The van der Waals surface area contributed by atoms with Crippen molar-refractivity contribution in [3.63, 3.8) is 0 Å². The highest BCUT2D eigenvalue weighted by molar-refractivity contribution is 6.29. The van der Waals surface area contributed by atoms with Gasteiger partial charge >= 0.3 is 0 Å². The number of fused-ring (bicyclic) bond motifs is 1. The van der Waals surface area contributed by atoms with Crippen molar-refractivity contribution in [2.24, 2.45) is 0 Å². The van der Waals surface area contributed by atoms with E-state index in [4.69, 9.17) is 11.6 Å². The van der Waals surface area contributed by atoms with Crippen molar-refractivity contribution >= 4 is 28.5 Å². The molecule has 1 N–H and O–H groups in total. The lowest BCUT2D eigenvalue weighted by Crippen LogP contribution is -2.22. The van der Waals surface area contributed by atoms with E-state index >= 15 is 0 Å². The molecular formula is C12H14ClN3O. The summed E-state index contributed by atoms with van der Waals surface area (Å²) in [4.78, 5) is 15.9. The molecule has 1 heterocycles. The summed E-state index contributed by atoms with van der Waals surface area (Å²) in [6.07, 6.45) is 0. The molecule has 1 aromatic heterocycles. The first-order valence-electron chi connectivity index (χ1n) is 5.61. The van der Waals surface area contributed by atoms with Crippen molar-refractivity contribution in [1.29, 1.82) is 0 Å². The van der Waals surface area contributed by atoms with Crippen molar-refractivity contribution in [3.05, 3.63) is 29.0 Å². The smallest absolute Gasteiger partial charge is 0.251 e. The number of halogens is 1. The van der Waals surface area contributed by atoms with Crippen molar-refractivity contribution in [1.82, 2.24) is 14.9 Å². The van der Waals surface area contributed by atoms with Crippen LogP contribution in [-0.4, -0.2) is 22.0 Å². The lowest BCUT2D eigenvalue weighted by molar-refractivity contribution is 0.0956. The summed E-state index contributed by atoms with van der Waals surface area (Å²) in [5.74, 6) is -0.0865. The van der Waals surface area contributed by atoms with Gasteiger partial charge in [-0.05, 0) is 43.6 Å². The number of nitrogens with one attached hydrogen (secondary N) is 1. The number of rotatable bonds is 3. The quantitative estimate of drug-likeness (QED) is 0.911.